The zero-order valence-electron chi connectivity index (χ0n) is 9.69. The highest BCUT2D eigenvalue weighted by Gasteiger charge is 2.24. The van der Waals surface area contributed by atoms with Gasteiger partial charge in [0.05, 0.1) is 19.3 Å². The number of β-amino-alcohol motifs (C(OH)–C–C–N with tert-alkyl or cyclic N) is 1. The highest BCUT2D eigenvalue weighted by molar-refractivity contribution is 5.44. The van der Waals surface area contributed by atoms with Crippen LogP contribution in [0, 0.1) is 0 Å². The monoisotopic (exact) mass is 235 g/mol. The van der Waals surface area contributed by atoms with Gasteiger partial charge in [0.2, 0.25) is 0 Å². The van der Waals surface area contributed by atoms with Crippen LogP contribution >= 0.6 is 0 Å². The number of nitrogens with one attached hydrogen (secondary N) is 1. The van der Waals surface area contributed by atoms with Crippen molar-refractivity contribution in [2.45, 2.75) is 25.0 Å². The van der Waals surface area contributed by atoms with E-state index in [1.54, 1.807) is 0 Å². The lowest BCUT2D eigenvalue weighted by atomic mass is 10.0. The van der Waals surface area contributed by atoms with Crippen LogP contribution in [0.4, 0.5) is 0 Å². The smallest absolute Gasteiger partial charge is 0.161 e. The van der Waals surface area contributed by atoms with E-state index >= 15 is 0 Å². The number of aliphatic hydroxyl groups is 1. The van der Waals surface area contributed by atoms with Gasteiger partial charge < -0.3 is 19.9 Å². The molecule has 2 aliphatic heterocycles. The van der Waals surface area contributed by atoms with Gasteiger partial charge in [-0.3, -0.25) is 0 Å². The summed E-state index contributed by atoms with van der Waals surface area (Å²) in [5.41, 5.74) is 1.16. The number of aliphatic hydroxyl groups excluding tert-OH is 1. The Balaban J connectivity index is 1.84. The Labute approximate surface area is 101 Å². The van der Waals surface area contributed by atoms with E-state index in [0.717, 1.165) is 29.9 Å². The number of rotatable bonds is 1. The first-order valence-electron chi connectivity index (χ1n) is 6.14. The van der Waals surface area contributed by atoms with Crippen LogP contribution in [0.1, 0.15) is 24.4 Å². The minimum Gasteiger partial charge on any atom is -0.490 e. The molecule has 0 saturated carbocycles. The van der Waals surface area contributed by atoms with Crippen LogP contribution < -0.4 is 14.8 Å². The summed E-state index contributed by atoms with van der Waals surface area (Å²) in [5, 5.41) is 12.8. The zero-order chi connectivity index (χ0) is 11.7. The van der Waals surface area contributed by atoms with E-state index < -0.39 is 0 Å². The van der Waals surface area contributed by atoms with E-state index in [0.29, 0.717) is 19.8 Å². The Morgan fingerprint density at radius 3 is 2.76 bits per heavy atom. The van der Waals surface area contributed by atoms with Gasteiger partial charge in [0.25, 0.3) is 0 Å². The number of benzene rings is 1. The molecule has 2 heterocycles. The Bertz CT molecular complexity index is 408. The van der Waals surface area contributed by atoms with Crippen LogP contribution in [0.5, 0.6) is 11.5 Å². The number of hydrogen-bond acceptors (Lipinski definition) is 4. The minimum atomic E-state index is -0.240. The summed E-state index contributed by atoms with van der Waals surface area (Å²) in [7, 11) is 0. The van der Waals surface area contributed by atoms with E-state index in [-0.39, 0.29) is 12.1 Å². The molecular weight excluding hydrogens is 218 g/mol. The average molecular weight is 235 g/mol. The van der Waals surface area contributed by atoms with Crippen LogP contribution in [0.15, 0.2) is 18.2 Å². The third-order valence-electron chi connectivity index (χ3n) is 3.28. The summed E-state index contributed by atoms with van der Waals surface area (Å²) >= 11 is 0. The molecule has 0 amide bonds. The van der Waals surface area contributed by atoms with E-state index in [1.165, 1.54) is 0 Å². The Kier molecular flexibility index (Phi) is 2.91. The van der Waals surface area contributed by atoms with Crippen LogP contribution in [-0.2, 0) is 0 Å². The molecule has 2 unspecified atom stereocenters. The van der Waals surface area contributed by atoms with Crippen LogP contribution in [0.3, 0.4) is 0 Å². The molecule has 0 bridgehead atoms. The summed E-state index contributed by atoms with van der Waals surface area (Å²) in [6.45, 7) is 2.09. The standard InChI is InChI=1S/C13H17NO3/c15-10-7-11(14-8-10)9-2-3-12-13(6-9)17-5-1-4-16-12/h2-3,6,10-11,14-15H,1,4-5,7-8H2. The molecule has 2 atom stereocenters. The van der Waals surface area contributed by atoms with Crippen molar-refractivity contribution in [2.24, 2.45) is 0 Å². The van der Waals surface area contributed by atoms with Gasteiger partial charge in [0, 0.05) is 19.0 Å². The van der Waals surface area contributed by atoms with Crippen molar-refractivity contribution >= 4 is 0 Å². The fourth-order valence-electron chi connectivity index (χ4n) is 2.37. The summed E-state index contributed by atoms with van der Waals surface area (Å²) in [4.78, 5) is 0. The van der Waals surface area contributed by atoms with Crippen molar-refractivity contribution in [1.29, 1.82) is 0 Å². The lowest BCUT2D eigenvalue weighted by Gasteiger charge is -2.13. The molecule has 1 saturated heterocycles. The summed E-state index contributed by atoms with van der Waals surface area (Å²) in [6.07, 6.45) is 1.44. The van der Waals surface area contributed by atoms with Crippen LogP contribution in [0.25, 0.3) is 0 Å². The minimum absolute atomic E-state index is 0.224. The van der Waals surface area contributed by atoms with E-state index in [9.17, 15) is 5.11 Å². The molecule has 0 aliphatic carbocycles. The molecule has 1 aromatic rings. The van der Waals surface area contributed by atoms with Gasteiger partial charge in [-0.25, -0.2) is 0 Å². The zero-order valence-corrected chi connectivity index (χ0v) is 9.69. The van der Waals surface area contributed by atoms with E-state index in [2.05, 4.69) is 5.32 Å². The third kappa shape index (κ3) is 2.23. The fraction of sp³-hybridized carbons (Fsp3) is 0.538. The lowest BCUT2D eigenvalue weighted by Crippen LogP contribution is -2.14. The van der Waals surface area contributed by atoms with Crippen molar-refractivity contribution in [3.8, 4) is 11.5 Å². The maximum atomic E-state index is 9.53. The summed E-state index contributed by atoms with van der Waals surface area (Å²) in [6, 6.07) is 6.25. The van der Waals surface area contributed by atoms with Gasteiger partial charge in [-0.15, -0.1) is 0 Å². The van der Waals surface area contributed by atoms with Crippen molar-refractivity contribution in [3.05, 3.63) is 23.8 Å². The van der Waals surface area contributed by atoms with Gasteiger partial charge in [0.1, 0.15) is 0 Å². The van der Waals surface area contributed by atoms with Gasteiger partial charge in [0.15, 0.2) is 11.5 Å². The SMILES string of the molecule is OC1CNC(c2ccc3c(c2)OCCCO3)C1. The highest BCUT2D eigenvalue weighted by Crippen LogP contribution is 2.34. The Morgan fingerprint density at radius 1 is 1.18 bits per heavy atom. The predicted octanol–water partition coefficient (Wildman–Crippen LogP) is 1.24. The first-order valence-corrected chi connectivity index (χ1v) is 6.14. The van der Waals surface area contributed by atoms with Gasteiger partial charge in [-0.2, -0.15) is 0 Å². The first kappa shape index (κ1) is 10.9. The van der Waals surface area contributed by atoms with Crippen molar-refractivity contribution in [1.82, 2.24) is 5.32 Å². The summed E-state index contributed by atoms with van der Waals surface area (Å²) < 4.78 is 11.3. The molecule has 4 heteroatoms. The van der Waals surface area contributed by atoms with Crippen molar-refractivity contribution in [3.63, 3.8) is 0 Å². The molecule has 0 spiro atoms. The Hall–Kier alpha value is -1.26. The van der Waals surface area contributed by atoms with Crippen LogP contribution in [-0.4, -0.2) is 31.0 Å². The molecular formula is C13H17NO3. The molecule has 2 N–H and O–H groups in total. The van der Waals surface area contributed by atoms with Crippen molar-refractivity contribution in [2.75, 3.05) is 19.8 Å². The summed E-state index contributed by atoms with van der Waals surface area (Å²) in [5.74, 6) is 1.65. The number of hydrogen-bond donors (Lipinski definition) is 2. The van der Waals surface area contributed by atoms with E-state index in [4.69, 9.17) is 9.47 Å². The number of ether oxygens (including phenoxy) is 2. The van der Waals surface area contributed by atoms with Gasteiger partial charge in [-0.1, -0.05) is 6.07 Å². The third-order valence-corrected chi connectivity index (χ3v) is 3.28. The molecule has 2 aliphatic rings. The van der Waals surface area contributed by atoms with Gasteiger partial charge in [-0.05, 0) is 24.1 Å². The second kappa shape index (κ2) is 4.55. The lowest BCUT2D eigenvalue weighted by molar-refractivity contribution is 0.193. The molecule has 0 radical (unpaired) electrons. The predicted molar refractivity (Wildman–Crippen MR) is 63.4 cm³/mol. The molecule has 1 aromatic carbocycles. The fourth-order valence-corrected chi connectivity index (χ4v) is 2.37. The molecule has 17 heavy (non-hydrogen) atoms. The normalized spacial score (nSPS) is 27.8. The molecule has 4 nitrogen and oxygen atoms in total. The topological polar surface area (TPSA) is 50.7 Å². The van der Waals surface area contributed by atoms with Crippen LogP contribution in [0.2, 0.25) is 0 Å². The Morgan fingerprint density at radius 2 is 2.00 bits per heavy atom. The highest BCUT2D eigenvalue weighted by atomic mass is 16.5. The largest absolute Gasteiger partial charge is 0.490 e. The number of fused-ring (bicyclic) bond motifs is 1. The van der Waals surface area contributed by atoms with Gasteiger partial charge >= 0.3 is 0 Å². The second-order valence-electron chi connectivity index (χ2n) is 4.61. The first-order chi connectivity index (χ1) is 8.33. The quantitative estimate of drug-likeness (QED) is 0.769. The second-order valence-corrected chi connectivity index (χ2v) is 4.61. The maximum absolute atomic E-state index is 9.53. The average Bonchev–Trinajstić information content (AvgIpc) is 2.64. The molecule has 0 aromatic heterocycles. The molecule has 3 rings (SSSR count). The molecule has 92 valence electrons. The van der Waals surface area contributed by atoms with Crippen molar-refractivity contribution < 1.29 is 14.6 Å². The molecule has 1 fully saturated rings. The van der Waals surface area contributed by atoms with E-state index in [1.807, 2.05) is 18.2 Å². The maximum Gasteiger partial charge on any atom is 0.161 e.